The summed E-state index contributed by atoms with van der Waals surface area (Å²) < 4.78 is 0. The van der Waals surface area contributed by atoms with Crippen LogP contribution in [0.2, 0.25) is 10.0 Å². The Balaban J connectivity index is 3.10. The molecule has 1 aromatic rings. The molecule has 0 fully saturated rings. The Hall–Kier alpha value is -1.59. The third kappa shape index (κ3) is 3.44. The molecule has 1 rings (SSSR count). The van der Waals surface area contributed by atoms with Gasteiger partial charge >= 0.3 is 0 Å². The zero-order chi connectivity index (χ0) is 13.0. The molecule has 0 bridgehead atoms. The number of non-ortho nitro benzene ring substituents is 1. The Labute approximate surface area is 107 Å². The number of anilines is 1. The standard InChI is InChI=1S/C10H8Cl2N2O3/c1-2-3-9(15)13-10-7(11)4-6(14(16)17)5-8(10)12/h2-5H,1H3,(H,13,15). The minimum absolute atomic E-state index is 0.0158. The number of hydrogen-bond donors (Lipinski definition) is 1. The number of carbonyl (C=O) groups excluding carboxylic acids is 1. The van der Waals surface area contributed by atoms with Crippen molar-refractivity contribution in [2.24, 2.45) is 0 Å². The quantitative estimate of drug-likeness (QED) is 0.522. The first-order valence-electron chi connectivity index (χ1n) is 4.52. The molecule has 0 aliphatic rings. The van der Waals surface area contributed by atoms with Crippen molar-refractivity contribution in [3.8, 4) is 0 Å². The number of amides is 1. The summed E-state index contributed by atoms with van der Waals surface area (Å²) in [6.45, 7) is 1.68. The zero-order valence-electron chi connectivity index (χ0n) is 8.74. The summed E-state index contributed by atoms with van der Waals surface area (Å²) in [5, 5.41) is 13.0. The molecule has 0 aliphatic heterocycles. The highest BCUT2D eigenvalue weighted by atomic mass is 35.5. The molecule has 17 heavy (non-hydrogen) atoms. The monoisotopic (exact) mass is 274 g/mol. The van der Waals surface area contributed by atoms with E-state index in [2.05, 4.69) is 5.32 Å². The highest BCUT2D eigenvalue weighted by Gasteiger charge is 2.15. The fraction of sp³-hybridized carbons (Fsp3) is 0.100. The Morgan fingerprint density at radius 1 is 1.41 bits per heavy atom. The van der Waals surface area contributed by atoms with E-state index in [4.69, 9.17) is 23.2 Å². The SMILES string of the molecule is CC=CC(=O)Nc1c(Cl)cc([N+](=O)[O-])cc1Cl. The molecule has 0 heterocycles. The lowest BCUT2D eigenvalue weighted by atomic mass is 10.2. The molecule has 1 amide bonds. The van der Waals surface area contributed by atoms with Crippen molar-refractivity contribution in [3.63, 3.8) is 0 Å². The van der Waals surface area contributed by atoms with Crippen LogP contribution < -0.4 is 5.32 Å². The molecular weight excluding hydrogens is 267 g/mol. The van der Waals surface area contributed by atoms with Gasteiger partial charge in [-0.2, -0.15) is 0 Å². The van der Waals surface area contributed by atoms with Gasteiger partial charge in [-0.15, -0.1) is 0 Å². The number of nitro benzene ring substituents is 1. The Morgan fingerprint density at radius 3 is 2.35 bits per heavy atom. The second kappa shape index (κ2) is 5.65. The van der Waals surface area contributed by atoms with Crippen LogP contribution >= 0.6 is 23.2 Å². The van der Waals surface area contributed by atoms with Gasteiger partial charge in [0, 0.05) is 12.1 Å². The van der Waals surface area contributed by atoms with E-state index in [1.54, 1.807) is 13.0 Å². The van der Waals surface area contributed by atoms with Gasteiger partial charge in [-0.05, 0) is 13.0 Å². The van der Waals surface area contributed by atoms with Crippen LogP contribution in [0.25, 0.3) is 0 Å². The lowest BCUT2D eigenvalue weighted by molar-refractivity contribution is -0.384. The summed E-state index contributed by atoms with van der Waals surface area (Å²) in [7, 11) is 0. The molecule has 0 unspecified atom stereocenters. The molecule has 7 heteroatoms. The fourth-order valence-corrected chi connectivity index (χ4v) is 1.67. The van der Waals surface area contributed by atoms with Crippen molar-refractivity contribution < 1.29 is 9.72 Å². The number of hydrogen-bond acceptors (Lipinski definition) is 3. The van der Waals surface area contributed by atoms with E-state index in [0.717, 1.165) is 12.1 Å². The highest BCUT2D eigenvalue weighted by Crippen LogP contribution is 2.34. The number of rotatable bonds is 3. The van der Waals surface area contributed by atoms with Crippen molar-refractivity contribution >= 4 is 40.5 Å². The van der Waals surface area contributed by atoms with Crippen LogP contribution in [0, 0.1) is 10.1 Å². The van der Waals surface area contributed by atoms with Gasteiger partial charge in [0.05, 0.1) is 20.7 Å². The van der Waals surface area contributed by atoms with E-state index in [-0.39, 0.29) is 21.4 Å². The Bertz CT molecular complexity index is 477. The third-order valence-corrected chi connectivity index (χ3v) is 2.40. The van der Waals surface area contributed by atoms with Crippen LogP contribution in [0.15, 0.2) is 24.3 Å². The first kappa shape index (κ1) is 13.5. The van der Waals surface area contributed by atoms with E-state index in [1.165, 1.54) is 6.08 Å². The topological polar surface area (TPSA) is 72.2 Å². The van der Waals surface area contributed by atoms with Crippen LogP contribution in [0.1, 0.15) is 6.92 Å². The maximum atomic E-state index is 11.3. The smallest absolute Gasteiger partial charge is 0.272 e. The number of carbonyl (C=O) groups is 1. The van der Waals surface area contributed by atoms with Crippen LogP contribution in [0.4, 0.5) is 11.4 Å². The van der Waals surface area contributed by atoms with Crippen LogP contribution in [-0.4, -0.2) is 10.8 Å². The summed E-state index contributed by atoms with van der Waals surface area (Å²) in [6, 6.07) is 2.25. The highest BCUT2D eigenvalue weighted by molar-refractivity contribution is 6.40. The maximum absolute atomic E-state index is 11.3. The molecular formula is C10H8Cl2N2O3. The predicted molar refractivity (Wildman–Crippen MR) is 66.6 cm³/mol. The summed E-state index contributed by atoms with van der Waals surface area (Å²) in [5.41, 5.74) is -0.0777. The van der Waals surface area contributed by atoms with Crippen molar-refractivity contribution in [1.82, 2.24) is 0 Å². The van der Waals surface area contributed by atoms with Gasteiger partial charge in [0.25, 0.3) is 5.69 Å². The molecule has 0 aromatic heterocycles. The second-order valence-corrected chi connectivity index (χ2v) is 3.85. The first-order chi connectivity index (χ1) is 7.95. The molecule has 0 spiro atoms. The minimum atomic E-state index is -0.616. The Morgan fingerprint density at radius 2 is 1.94 bits per heavy atom. The van der Waals surface area contributed by atoms with Gasteiger partial charge in [0.2, 0.25) is 5.91 Å². The molecule has 90 valence electrons. The van der Waals surface area contributed by atoms with Crippen molar-refractivity contribution in [2.45, 2.75) is 6.92 Å². The van der Waals surface area contributed by atoms with Gasteiger partial charge in [-0.1, -0.05) is 29.3 Å². The van der Waals surface area contributed by atoms with Crippen LogP contribution in [0.5, 0.6) is 0 Å². The predicted octanol–water partition coefficient (Wildman–Crippen LogP) is 3.42. The zero-order valence-corrected chi connectivity index (χ0v) is 10.2. The molecule has 0 aliphatic carbocycles. The van der Waals surface area contributed by atoms with E-state index in [0.29, 0.717) is 0 Å². The maximum Gasteiger partial charge on any atom is 0.272 e. The number of nitrogens with zero attached hydrogens (tertiary/aromatic N) is 1. The molecule has 0 radical (unpaired) electrons. The summed E-state index contributed by atoms with van der Waals surface area (Å²) in [6.07, 6.45) is 2.83. The number of nitrogens with one attached hydrogen (secondary N) is 1. The minimum Gasteiger partial charge on any atom is -0.320 e. The largest absolute Gasteiger partial charge is 0.320 e. The number of benzene rings is 1. The van der Waals surface area contributed by atoms with Gasteiger partial charge < -0.3 is 5.32 Å². The number of nitro groups is 1. The van der Waals surface area contributed by atoms with Gasteiger partial charge in [-0.25, -0.2) is 0 Å². The normalized spacial score (nSPS) is 10.5. The van der Waals surface area contributed by atoms with Gasteiger partial charge in [0.15, 0.2) is 0 Å². The summed E-state index contributed by atoms with van der Waals surface area (Å²) >= 11 is 11.6. The van der Waals surface area contributed by atoms with E-state index in [9.17, 15) is 14.9 Å². The Kier molecular flexibility index (Phi) is 4.48. The van der Waals surface area contributed by atoms with Crippen molar-refractivity contribution in [3.05, 3.63) is 44.4 Å². The van der Waals surface area contributed by atoms with Crippen molar-refractivity contribution in [1.29, 1.82) is 0 Å². The molecule has 1 aromatic carbocycles. The molecule has 1 N–H and O–H groups in total. The summed E-state index contributed by atoms with van der Waals surface area (Å²) in [5.74, 6) is -0.412. The van der Waals surface area contributed by atoms with Gasteiger partial charge in [-0.3, -0.25) is 14.9 Å². The number of allylic oxidation sites excluding steroid dienone is 1. The van der Waals surface area contributed by atoms with Crippen molar-refractivity contribution in [2.75, 3.05) is 5.32 Å². The number of halogens is 2. The average molecular weight is 275 g/mol. The van der Waals surface area contributed by atoms with Gasteiger partial charge in [0.1, 0.15) is 0 Å². The average Bonchev–Trinajstić information content (AvgIpc) is 2.23. The van der Waals surface area contributed by atoms with E-state index >= 15 is 0 Å². The van der Waals surface area contributed by atoms with Crippen LogP contribution in [-0.2, 0) is 4.79 Å². The first-order valence-corrected chi connectivity index (χ1v) is 5.28. The third-order valence-electron chi connectivity index (χ3n) is 1.80. The lowest BCUT2D eigenvalue weighted by Crippen LogP contribution is -2.08. The molecule has 0 saturated carbocycles. The van der Waals surface area contributed by atoms with E-state index in [1.807, 2.05) is 0 Å². The fourth-order valence-electron chi connectivity index (χ4n) is 1.10. The second-order valence-electron chi connectivity index (χ2n) is 3.03. The van der Waals surface area contributed by atoms with Crippen LogP contribution in [0.3, 0.4) is 0 Å². The summed E-state index contributed by atoms with van der Waals surface area (Å²) in [4.78, 5) is 21.2. The lowest BCUT2D eigenvalue weighted by Gasteiger charge is -2.07. The van der Waals surface area contributed by atoms with E-state index < -0.39 is 10.8 Å². The molecule has 0 atom stereocenters. The molecule has 5 nitrogen and oxygen atoms in total. The molecule has 0 saturated heterocycles.